The monoisotopic (exact) mass is 639 g/mol. The summed E-state index contributed by atoms with van der Waals surface area (Å²) in [7, 11) is 0. The SMILES string of the molecule is Cc1cc(Br)cc(Br)c1NC(=S)N[C@@H](NC(=O)c1ccc(Cl)cc1Cl)C(Cl)(Cl)Cl. The van der Waals surface area contributed by atoms with Gasteiger partial charge in [-0.3, -0.25) is 4.79 Å². The maximum absolute atomic E-state index is 12.6. The average molecular weight is 643 g/mol. The van der Waals surface area contributed by atoms with Crippen molar-refractivity contribution < 1.29 is 4.79 Å². The summed E-state index contributed by atoms with van der Waals surface area (Å²) in [5.74, 6) is -0.570. The van der Waals surface area contributed by atoms with Crippen molar-refractivity contribution in [3.8, 4) is 0 Å². The van der Waals surface area contributed by atoms with E-state index in [-0.39, 0.29) is 15.7 Å². The van der Waals surface area contributed by atoms with E-state index in [4.69, 9.17) is 70.2 Å². The Morgan fingerprint density at radius 1 is 1.10 bits per heavy atom. The van der Waals surface area contributed by atoms with Crippen LogP contribution in [0.2, 0.25) is 10.0 Å². The lowest BCUT2D eigenvalue weighted by Gasteiger charge is -2.28. The van der Waals surface area contributed by atoms with Crippen LogP contribution in [0.1, 0.15) is 15.9 Å². The summed E-state index contributed by atoms with van der Waals surface area (Å²) in [5.41, 5.74) is 1.81. The molecule has 0 saturated heterocycles. The van der Waals surface area contributed by atoms with Crippen LogP contribution in [0.25, 0.3) is 0 Å². The van der Waals surface area contributed by atoms with Gasteiger partial charge < -0.3 is 16.0 Å². The van der Waals surface area contributed by atoms with Crippen LogP contribution in [-0.2, 0) is 0 Å². The van der Waals surface area contributed by atoms with E-state index in [2.05, 4.69) is 47.8 Å². The van der Waals surface area contributed by atoms with Crippen molar-refractivity contribution in [1.29, 1.82) is 0 Å². The number of alkyl halides is 3. The molecule has 0 heterocycles. The van der Waals surface area contributed by atoms with Crippen LogP contribution < -0.4 is 16.0 Å². The van der Waals surface area contributed by atoms with Gasteiger partial charge >= 0.3 is 0 Å². The molecule has 12 heteroatoms. The Labute approximate surface area is 215 Å². The smallest absolute Gasteiger partial charge is 0.254 e. The van der Waals surface area contributed by atoms with E-state index in [0.717, 1.165) is 20.2 Å². The van der Waals surface area contributed by atoms with E-state index in [0.29, 0.717) is 5.02 Å². The first kappa shape index (κ1) is 25.3. The number of aryl methyl sites for hydroxylation is 1. The number of carbonyl (C=O) groups excluding carboxylic acids is 1. The topological polar surface area (TPSA) is 53.2 Å². The molecule has 0 saturated carbocycles. The third-order valence-electron chi connectivity index (χ3n) is 3.54. The highest BCUT2D eigenvalue weighted by atomic mass is 79.9. The maximum Gasteiger partial charge on any atom is 0.254 e. The zero-order valence-electron chi connectivity index (χ0n) is 14.4. The number of anilines is 1. The van der Waals surface area contributed by atoms with E-state index in [1.165, 1.54) is 18.2 Å². The van der Waals surface area contributed by atoms with Crippen molar-refractivity contribution in [2.75, 3.05) is 5.32 Å². The second kappa shape index (κ2) is 10.6. The molecule has 2 aromatic carbocycles. The summed E-state index contributed by atoms with van der Waals surface area (Å²) in [6.45, 7) is 1.90. The van der Waals surface area contributed by atoms with Gasteiger partial charge in [0.15, 0.2) is 5.11 Å². The van der Waals surface area contributed by atoms with Crippen LogP contribution in [0.3, 0.4) is 0 Å². The second-order valence-electron chi connectivity index (χ2n) is 5.75. The van der Waals surface area contributed by atoms with Gasteiger partial charge in [0, 0.05) is 14.0 Å². The predicted molar refractivity (Wildman–Crippen MR) is 134 cm³/mol. The molecule has 1 atom stereocenters. The van der Waals surface area contributed by atoms with Gasteiger partial charge in [-0.1, -0.05) is 73.9 Å². The van der Waals surface area contributed by atoms with Crippen molar-refractivity contribution in [3.63, 3.8) is 0 Å². The first-order chi connectivity index (χ1) is 13.4. The van der Waals surface area contributed by atoms with Gasteiger partial charge in [0.2, 0.25) is 3.79 Å². The van der Waals surface area contributed by atoms with Gasteiger partial charge in [-0.15, -0.1) is 0 Å². The Hall–Kier alpha value is 0.0100. The standard InChI is InChI=1S/C17H12Br2Cl5N3OS/c1-7-4-8(18)5-11(19)13(7)25-16(29)27-15(17(22,23)24)26-14(28)10-3-2-9(20)6-12(10)21/h2-6,15H,1H3,(H,26,28)(H2,25,27,29)/t15-/m1/s1. The molecule has 0 bridgehead atoms. The number of thiocarbonyl (C=S) groups is 1. The maximum atomic E-state index is 12.6. The highest BCUT2D eigenvalue weighted by molar-refractivity contribution is 9.11. The highest BCUT2D eigenvalue weighted by Gasteiger charge is 2.35. The zero-order valence-corrected chi connectivity index (χ0v) is 22.2. The van der Waals surface area contributed by atoms with Crippen molar-refractivity contribution >= 4 is 119 Å². The van der Waals surface area contributed by atoms with Crippen LogP contribution in [0.4, 0.5) is 5.69 Å². The summed E-state index contributed by atoms with van der Waals surface area (Å²) >= 11 is 42.2. The summed E-state index contributed by atoms with van der Waals surface area (Å²) in [6.07, 6.45) is -1.15. The fourth-order valence-corrected chi connectivity index (χ4v) is 4.80. The Balaban J connectivity index is 2.17. The molecule has 1 amide bonds. The minimum absolute atomic E-state index is 0.134. The predicted octanol–water partition coefficient (Wildman–Crippen LogP) is 7.24. The number of rotatable bonds is 4. The molecule has 2 aromatic rings. The molecule has 0 aliphatic heterocycles. The van der Waals surface area contributed by atoms with E-state index in [1.54, 1.807) is 0 Å². The number of benzene rings is 2. The molecule has 156 valence electrons. The summed E-state index contributed by atoms with van der Waals surface area (Å²) in [6, 6.07) is 8.20. The summed E-state index contributed by atoms with van der Waals surface area (Å²) in [5, 5.41) is 9.07. The normalized spacial score (nSPS) is 12.3. The number of nitrogens with one attached hydrogen (secondary N) is 3. The van der Waals surface area contributed by atoms with Gasteiger partial charge in [0.05, 0.1) is 16.3 Å². The fraction of sp³-hybridized carbons (Fsp3) is 0.176. The second-order valence-corrected chi connectivity index (χ2v) is 11.1. The van der Waals surface area contributed by atoms with E-state index >= 15 is 0 Å². The van der Waals surface area contributed by atoms with Crippen molar-refractivity contribution in [2.45, 2.75) is 16.9 Å². The van der Waals surface area contributed by atoms with Gasteiger partial charge in [-0.05, 0) is 71.0 Å². The van der Waals surface area contributed by atoms with E-state index < -0.39 is 15.9 Å². The van der Waals surface area contributed by atoms with Gasteiger partial charge in [0.1, 0.15) is 6.17 Å². The number of carbonyl (C=O) groups is 1. The Morgan fingerprint density at radius 3 is 2.31 bits per heavy atom. The molecule has 4 nitrogen and oxygen atoms in total. The zero-order chi connectivity index (χ0) is 21.9. The van der Waals surface area contributed by atoms with Crippen LogP contribution in [0, 0.1) is 6.92 Å². The molecule has 0 unspecified atom stereocenters. The molecule has 3 N–H and O–H groups in total. The van der Waals surface area contributed by atoms with Gasteiger partial charge in [0.25, 0.3) is 5.91 Å². The average Bonchev–Trinajstić information content (AvgIpc) is 2.56. The Bertz CT molecular complexity index is 932. The molecule has 0 aliphatic rings. The molecule has 29 heavy (non-hydrogen) atoms. The van der Waals surface area contributed by atoms with Crippen LogP contribution in [-0.4, -0.2) is 21.0 Å². The minimum Gasteiger partial charge on any atom is -0.339 e. The van der Waals surface area contributed by atoms with Crippen LogP contribution in [0.5, 0.6) is 0 Å². The fourth-order valence-electron chi connectivity index (χ4n) is 2.22. The first-order valence-corrected chi connectivity index (χ1v) is 11.6. The lowest BCUT2D eigenvalue weighted by atomic mass is 10.2. The molecule has 2 rings (SSSR count). The molecular weight excluding hydrogens is 631 g/mol. The molecule has 0 radical (unpaired) electrons. The quantitative estimate of drug-likeness (QED) is 0.187. The molecular formula is C17H12Br2Cl5N3OS. The van der Waals surface area contributed by atoms with Crippen molar-refractivity contribution in [1.82, 2.24) is 10.6 Å². The third-order valence-corrected chi connectivity index (χ3v) is 6.05. The first-order valence-electron chi connectivity index (χ1n) is 7.74. The third kappa shape index (κ3) is 7.28. The van der Waals surface area contributed by atoms with Crippen LogP contribution in [0.15, 0.2) is 39.3 Å². The Kier molecular flexibility index (Phi) is 9.19. The van der Waals surface area contributed by atoms with Crippen LogP contribution >= 0.6 is 102 Å². The molecule has 0 aromatic heterocycles. The minimum atomic E-state index is -1.91. The molecule has 0 aliphatic carbocycles. The largest absolute Gasteiger partial charge is 0.339 e. The Morgan fingerprint density at radius 2 is 1.76 bits per heavy atom. The molecule has 0 fully saturated rings. The number of halogens is 7. The van der Waals surface area contributed by atoms with E-state index in [9.17, 15) is 4.79 Å². The molecule has 0 spiro atoms. The van der Waals surface area contributed by atoms with Gasteiger partial charge in [-0.25, -0.2) is 0 Å². The van der Waals surface area contributed by atoms with E-state index in [1.807, 2.05) is 19.1 Å². The highest BCUT2D eigenvalue weighted by Crippen LogP contribution is 2.32. The van der Waals surface area contributed by atoms with Crippen molar-refractivity contribution in [2.24, 2.45) is 0 Å². The summed E-state index contributed by atoms with van der Waals surface area (Å²) < 4.78 is -0.236. The summed E-state index contributed by atoms with van der Waals surface area (Å²) in [4.78, 5) is 12.6. The number of hydrogen-bond donors (Lipinski definition) is 3. The number of amides is 1. The lowest BCUT2D eigenvalue weighted by molar-refractivity contribution is 0.0934. The lowest BCUT2D eigenvalue weighted by Crippen LogP contribution is -2.56. The van der Waals surface area contributed by atoms with Gasteiger partial charge in [-0.2, -0.15) is 0 Å². The number of hydrogen-bond acceptors (Lipinski definition) is 2. The van der Waals surface area contributed by atoms with Crippen molar-refractivity contribution in [3.05, 3.63) is 60.4 Å².